The van der Waals surface area contributed by atoms with Crippen molar-refractivity contribution in [1.29, 1.82) is 0 Å². The van der Waals surface area contributed by atoms with Crippen LogP contribution in [0, 0.1) is 12.1 Å². The Morgan fingerprint density at radius 3 is 2.54 bits per heavy atom. The fraction of sp³-hybridized carbons (Fsp3) is 0.273. The molecule has 1 saturated heterocycles. The van der Waals surface area contributed by atoms with Crippen molar-refractivity contribution in [1.82, 2.24) is 9.88 Å². The summed E-state index contributed by atoms with van der Waals surface area (Å²) < 4.78 is -0.272. The molecule has 2 aromatic carbocycles. The van der Waals surface area contributed by atoms with Gasteiger partial charge in [-0.3, -0.25) is 9.78 Å². The number of benzene rings is 2. The first kappa shape index (κ1) is 18.4. The number of carbonyl (C=O) groups excluding carboxylic acids is 1. The first-order chi connectivity index (χ1) is 13.4. The number of anilines is 2. The van der Waals surface area contributed by atoms with Crippen molar-refractivity contribution < 1.29 is 9.44 Å². The molecule has 4 rings (SSSR count). The zero-order valence-electron chi connectivity index (χ0n) is 16.2. The lowest BCUT2D eigenvalue weighted by Gasteiger charge is -2.45. The molecule has 3 aromatic rings. The smallest absolute Gasteiger partial charge is 0.254 e. The predicted octanol–water partition coefficient (Wildman–Crippen LogP) is 3.69. The number of amides is 1. The van der Waals surface area contributed by atoms with Gasteiger partial charge < -0.3 is 20.1 Å². The third kappa shape index (κ3) is 3.83. The van der Waals surface area contributed by atoms with Crippen molar-refractivity contribution in [3.63, 3.8) is 0 Å². The highest BCUT2D eigenvalue weighted by atomic mass is 16.5. The Labute approximate surface area is 164 Å². The lowest BCUT2D eigenvalue weighted by atomic mass is 10.1. The Balaban J connectivity index is 1.49. The third-order valence-electron chi connectivity index (χ3n) is 5.28. The van der Waals surface area contributed by atoms with E-state index in [9.17, 15) is 10.0 Å². The number of likely N-dealkylation sites (N-methyl/N-ethyl adjacent to an activating group) is 1. The number of pyridine rings is 1. The molecule has 1 aromatic heterocycles. The van der Waals surface area contributed by atoms with Crippen molar-refractivity contribution in [2.45, 2.75) is 6.92 Å². The molecule has 1 aliphatic heterocycles. The lowest BCUT2D eigenvalue weighted by Crippen LogP contribution is -2.55. The molecule has 1 N–H and O–H groups in total. The molecule has 28 heavy (non-hydrogen) atoms. The van der Waals surface area contributed by atoms with Crippen LogP contribution in [0.4, 0.5) is 11.4 Å². The Hall–Kier alpha value is -2.96. The van der Waals surface area contributed by atoms with Gasteiger partial charge in [-0.2, -0.15) is 0 Å². The number of quaternary nitrogens is 1. The second-order valence-corrected chi connectivity index (χ2v) is 7.62. The number of rotatable bonds is 3. The number of hydroxylamine groups is 3. The summed E-state index contributed by atoms with van der Waals surface area (Å²) in [7, 11) is 1.66. The normalized spacial score (nSPS) is 16.2. The number of aryl methyl sites for hydroxylation is 1. The summed E-state index contributed by atoms with van der Waals surface area (Å²) in [4.78, 5) is 18.9. The minimum atomic E-state index is -0.272. The number of nitrogens with zero attached hydrogens (tertiary/aromatic N) is 3. The molecule has 0 unspecified atom stereocenters. The Morgan fingerprint density at radius 2 is 1.82 bits per heavy atom. The van der Waals surface area contributed by atoms with Crippen LogP contribution >= 0.6 is 0 Å². The quantitative estimate of drug-likeness (QED) is 0.559. The summed E-state index contributed by atoms with van der Waals surface area (Å²) >= 11 is 0. The maximum atomic E-state index is 12.7. The number of nitrogens with one attached hydrogen (secondary N) is 1. The molecule has 0 aliphatic carbocycles. The number of hydrogen-bond acceptors (Lipinski definition) is 4. The van der Waals surface area contributed by atoms with Crippen molar-refractivity contribution in [2.75, 3.05) is 38.5 Å². The van der Waals surface area contributed by atoms with E-state index >= 15 is 0 Å². The molecule has 6 heteroatoms. The zero-order valence-corrected chi connectivity index (χ0v) is 16.2. The average Bonchev–Trinajstić information content (AvgIpc) is 2.68. The van der Waals surface area contributed by atoms with Crippen molar-refractivity contribution in [3.05, 3.63) is 71.1 Å². The molecule has 144 valence electrons. The molecule has 0 atom stereocenters. The molecule has 0 spiro atoms. The van der Waals surface area contributed by atoms with Crippen LogP contribution in [0.2, 0.25) is 0 Å². The van der Waals surface area contributed by atoms with E-state index in [1.807, 2.05) is 30.3 Å². The summed E-state index contributed by atoms with van der Waals surface area (Å²) in [6.45, 7) is 3.94. The maximum absolute atomic E-state index is 12.7. The monoisotopic (exact) mass is 376 g/mol. The predicted molar refractivity (Wildman–Crippen MR) is 111 cm³/mol. The minimum Gasteiger partial charge on any atom is -0.633 e. The SMILES string of the molecule is Cc1ccc2c(Nc3ccc(C(=O)N4CC[N+](C)([O-])CC4)cc3)ccnc2c1. The highest BCUT2D eigenvalue weighted by Crippen LogP contribution is 2.26. The first-order valence-electron chi connectivity index (χ1n) is 9.49. The van der Waals surface area contributed by atoms with Crippen LogP contribution in [0.3, 0.4) is 0 Å². The maximum Gasteiger partial charge on any atom is 0.254 e. The number of piperazine rings is 1. The van der Waals surface area contributed by atoms with Gasteiger partial charge in [-0.15, -0.1) is 0 Å². The summed E-state index contributed by atoms with van der Waals surface area (Å²) in [5.74, 6) is -0.0175. The van der Waals surface area contributed by atoms with Gasteiger partial charge in [0.05, 0.1) is 38.7 Å². The van der Waals surface area contributed by atoms with Gasteiger partial charge in [-0.25, -0.2) is 0 Å². The number of hydrogen-bond donors (Lipinski definition) is 1. The van der Waals surface area contributed by atoms with Gasteiger partial charge in [0.15, 0.2) is 0 Å². The van der Waals surface area contributed by atoms with E-state index in [0.717, 1.165) is 22.3 Å². The lowest BCUT2D eigenvalue weighted by molar-refractivity contribution is -0.864. The van der Waals surface area contributed by atoms with E-state index in [4.69, 9.17) is 0 Å². The van der Waals surface area contributed by atoms with Gasteiger partial charge in [-0.1, -0.05) is 12.1 Å². The largest absolute Gasteiger partial charge is 0.633 e. The zero-order chi connectivity index (χ0) is 19.7. The van der Waals surface area contributed by atoms with Gasteiger partial charge in [0.1, 0.15) is 0 Å². The van der Waals surface area contributed by atoms with Gasteiger partial charge in [0.2, 0.25) is 0 Å². The van der Waals surface area contributed by atoms with E-state index in [-0.39, 0.29) is 10.6 Å². The molecule has 0 saturated carbocycles. The van der Waals surface area contributed by atoms with E-state index in [2.05, 4.69) is 35.4 Å². The van der Waals surface area contributed by atoms with Crippen LogP contribution in [-0.2, 0) is 0 Å². The minimum absolute atomic E-state index is 0.0175. The molecule has 1 amide bonds. The van der Waals surface area contributed by atoms with Crippen molar-refractivity contribution in [3.8, 4) is 0 Å². The summed E-state index contributed by atoms with van der Waals surface area (Å²) in [6, 6.07) is 15.6. The molecule has 1 fully saturated rings. The second kappa shape index (κ2) is 7.22. The van der Waals surface area contributed by atoms with Crippen molar-refractivity contribution >= 4 is 28.2 Å². The van der Waals surface area contributed by atoms with Gasteiger partial charge in [-0.05, 0) is 48.9 Å². The van der Waals surface area contributed by atoms with E-state index in [1.165, 1.54) is 5.56 Å². The topological polar surface area (TPSA) is 68.3 Å². The number of fused-ring (bicyclic) bond motifs is 1. The molecule has 0 bridgehead atoms. The highest BCUT2D eigenvalue weighted by Gasteiger charge is 2.25. The van der Waals surface area contributed by atoms with Crippen LogP contribution in [0.1, 0.15) is 15.9 Å². The van der Waals surface area contributed by atoms with Crippen LogP contribution in [0.5, 0.6) is 0 Å². The molecular formula is C22H24N4O2. The Morgan fingerprint density at radius 1 is 1.11 bits per heavy atom. The summed E-state index contributed by atoms with van der Waals surface area (Å²) in [6.07, 6.45) is 1.79. The molecule has 1 aliphatic rings. The van der Waals surface area contributed by atoms with Crippen LogP contribution in [0.15, 0.2) is 54.7 Å². The van der Waals surface area contributed by atoms with Gasteiger partial charge >= 0.3 is 0 Å². The number of carbonyl (C=O) groups is 1. The van der Waals surface area contributed by atoms with Crippen LogP contribution < -0.4 is 5.32 Å². The average molecular weight is 376 g/mol. The molecule has 6 nitrogen and oxygen atoms in total. The van der Waals surface area contributed by atoms with Crippen molar-refractivity contribution in [2.24, 2.45) is 0 Å². The Bertz CT molecular complexity index is 1000. The van der Waals surface area contributed by atoms with Crippen LogP contribution in [0.25, 0.3) is 10.9 Å². The molecule has 2 heterocycles. The summed E-state index contributed by atoms with van der Waals surface area (Å²) in [5, 5.41) is 16.4. The van der Waals surface area contributed by atoms with Crippen LogP contribution in [-0.4, -0.2) is 53.7 Å². The fourth-order valence-electron chi connectivity index (χ4n) is 3.49. The highest BCUT2D eigenvalue weighted by molar-refractivity contribution is 5.95. The Kier molecular flexibility index (Phi) is 4.75. The van der Waals surface area contributed by atoms with E-state index in [0.29, 0.717) is 31.7 Å². The van der Waals surface area contributed by atoms with E-state index < -0.39 is 0 Å². The standard InChI is InChI=1S/C22H24N4O2/c1-16-3-8-19-20(9-10-23-21(19)15-16)24-18-6-4-17(5-7-18)22(27)25-11-13-26(2,28)14-12-25/h3-10,15H,11-14H2,1-2H3,(H,23,24). The second-order valence-electron chi connectivity index (χ2n) is 7.62. The fourth-order valence-corrected chi connectivity index (χ4v) is 3.49. The molecular weight excluding hydrogens is 352 g/mol. The number of aromatic nitrogens is 1. The summed E-state index contributed by atoms with van der Waals surface area (Å²) in [5.41, 5.74) is 4.65. The van der Waals surface area contributed by atoms with Gasteiger partial charge in [0, 0.05) is 28.5 Å². The van der Waals surface area contributed by atoms with Gasteiger partial charge in [0.25, 0.3) is 5.91 Å². The first-order valence-corrected chi connectivity index (χ1v) is 9.49. The third-order valence-corrected chi connectivity index (χ3v) is 5.28. The molecule has 0 radical (unpaired) electrons. The van der Waals surface area contributed by atoms with E-state index in [1.54, 1.807) is 18.1 Å².